The number of nitrogens with zero attached hydrogens (tertiary/aromatic N) is 1. The fourth-order valence-corrected chi connectivity index (χ4v) is 3.55. The second kappa shape index (κ2) is 7.83. The Kier molecular flexibility index (Phi) is 7.65. The van der Waals surface area contributed by atoms with Crippen LogP contribution in [0.25, 0.3) is 0 Å². The van der Waals surface area contributed by atoms with Crippen LogP contribution in [0.2, 0.25) is 6.04 Å². The lowest BCUT2D eigenvalue weighted by Gasteiger charge is -2.24. The molecule has 0 saturated heterocycles. The van der Waals surface area contributed by atoms with Gasteiger partial charge >= 0.3 is 8.80 Å². The molecule has 0 saturated carbocycles. The van der Waals surface area contributed by atoms with Gasteiger partial charge in [0.25, 0.3) is 0 Å². The predicted molar refractivity (Wildman–Crippen MR) is 61.9 cm³/mol. The van der Waals surface area contributed by atoms with E-state index in [4.69, 9.17) is 13.3 Å². The Labute approximate surface area is 110 Å². The highest BCUT2D eigenvalue weighted by Gasteiger charge is 2.38. The van der Waals surface area contributed by atoms with Gasteiger partial charge in [-0.2, -0.15) is 0 Å². The standard InChI is InChI=1S/C10H20N2O3Si.ClH/c1-10(12-7-6-11-9-12)5-8-16(13-2,14-3)15-4;/h6-7,9-10H,5,8H2,1-4H3;1H. The molecule has 1 heterocycles. The molecule has 0 bridgehead atoms. The monoisotopic (exact) mass is 280 g/mol. The van der Waals surface area contributed by atoms with E-state index in [1.165, 1.54) is 0 Å². The number of rotatable bonds is 7. The minimum Gasteiger partial charge on any atom is -1.00 e. The molecule has 0 fully saturated rings. The van der Waals surface area contributed by atoms with Crippen molar-refractivity contribution in [2.45, 2.75) is 25.4 Å². The van der Waals surface area contributed by atoms with E-state index in [0.717, 1.165) is 12.5 Å². The first-order valence-electron chi connectivity index (χ1n) is 5.36. The molecule has 0 amide bonds. The predicted octanol–water partition coefficient (Wildman–Crippen LogP) is -1.86. The minimum absolute atomic E-state index is 0. The Bertz CT molecular complexity index is 285. The third-order valence-electron chi connectivity index (χ3n) is 2.88. The van der Waals surface area contributed by atoms with Gasteiger partial charge in [0.1, 0.15) is 12.4 Å². The molecule has 100 valence electrons. The fourth-order valence-electron chi connectivity index (χ4n) is 1.67. The largest absolute Gasteiger partial charge is 1.00 e. The number of nitrogens with one attached hydrogen (secondary N) is 1. The Morgan fingerprint density at radius 1 is 1.24 bits per heavy atom. The molecule has 17 heavy (non-hydrogen) atoms. The molecule has 0 radical (unpaired) electrons. The summed E-state index contributed by atoms with van der Waals surface area (Å²) in [5.74, 6) is 0. The van der Waals surface area contributed by atoms with Crippen molar-refractivity contribution < 1.29 is 30.3 Å². The summed E-state index contributed by atoms with van der Waals surface area (Å²) in [6.07, 6.45) is 6.83. The van der Waals surface area contributed by atoms with Crippen molar-refractivity contribution in [1.82, 2.24) is 4.98 Å². The lowest BCUT2D eigenvalue weighted by molar-refractivity contribution is -0.718. The normalized spacial score (nSPS) is 13.2. The molecule has 1 aromatic heterocycles. The first-order valence-corrected chi connectivity index (χ1v) is 7.29. The zero-order valence-electron chi connectivity index (χ0n) is 10.8. The van der Waals surface area contributed by atoms with Gasteiger partial charge in [-0.25, -0.2) is 4.57 Å². The zero-order chi connectivity index (χ0) is 12.0. The summed E-state index contributed by atoms with van der Waals surface area (Å²) in [5.41, 5.74) is 0. The number of hydrogen-bond acceptors (Lipinski definition) is 3. The molecular formula is C10H21ClN2O3Si. The molecule has 0 aliphatic rings. The highest BCUT2D eigenvalue weighted by molar-refractivity contribution is 6.60. The third-order valence-corrected chi connectivity index (χ3v) is 5.64. The smallest absolute Gasteiger partial charge is 0.500 e. The van der Waals surface area contributed by atoms with Crippen LogP contribution in [-0.4, -0.2) is 35.1 Å². The fraction of sp³-hybridized carbons (Fsp3) is 0.700. The van der Waals surface area contributed by atoms with Crippen molar-refractivity contribution in [3.63, 3.8) is 0 Å². The van der Waals surface area contributed by atoms with Crippen molar-refractivity contribution in [3.8, 4) is 0 Å². The quantitative estimate of drug-likeness (QED) is 0.471. The molecule has 7 heteroatoms. The average Bonchev–Trinajstić information content (AvgIpc) is 2.85. The van der Waals surface area contributed by atoms with E-state index < -0.39 is 8.80 Å². The van der Waals surface area contributed by atoms with Gasteiger partial charge in [-0.1, -0.05) is 0 Å². The Morgan fingerprint density at radius 2 is 1.82 bits per heavy atom. The van der Waals surface area contributed by atoms with Crippen molar-refractivity contribution in [3.05, 3.63) is 18.7 Å². The Balaban J connectivity index is 0.00000256. The van der Waals surface area contributed by atoms with E-state index in [1.54, 1.807) is 21.3 Å². The first-order chi connectivity index (χ1) is 7.67. The second-order valence-electron chi connectivity index (χ2n) is 3.74. The maximum atomic E-state index is 5.38. The van der Waals surface area contributed by atoms with Gasteiger partial charge in [0.2, 0.25) is 6.33 Å². The zero-order valence-corrected chi connectivity index (χ0v) is 12.5. The van der Waals surface area contributed by atoms with Crippen LogP contribution < -0.4 is 17.0 Å². The van der Waals surface area contributed by atoms with Crippen LogP contribution >= 0.6 is 0 Å². The highest BCUT2D eigenvalue weighted by atomic mass is 35.5. The maximum Gasteiger partial charge on any atom is 0.500 e. The van der Waals surface area contributed by atoms with E-state index in [-0.39, 0.29) is 12.4 Å². The van der Waals surface area contributed by atoms with Crippen molar-refractivity contribution in [1.29, 1.82) is 0 Å². The maximum absolute atomic E-state index is 5.38. The van der Waals surface area contributed by atoms with Crippen LogP contribution in [0.1, 0.15) is 19.4 Å². The average molecular weight is 281 g/mol. The van der Waals surface area contributed by atoms with Gasteiger partial charge in [0.15, 0.2) is 0 Å². The highest BCUT2D eigenvalue weighted by Crippen LogP contribution is 2.18. The first kappa shape index (κ1) is 16.6. The number of hydrogen-bond donors (Lipinski definition) is 1. The van der Waals surface area contributed by atoms with Crippen molar-refractivity contribution in [2.75, 3.05) is 21.3 Å². The molecule has 1 rings (SSSR count). The molecular weight excluding hydrogens is 260 g/mol. The van der Waals surface area contributed by atoms with E-state index in [9.17, 15) is 0 Å². The van der Waals surface area contributed by atoms with Gasteiger partial charge < -0.3 is 25.7 Å². The molecule has 1 aromatic rings. The molecule has 0 aliphatic heterocycles. The van der Waals surface area contributed by atoms with Gasteiger partial charge in [0, 0.05) is 27.4 Å². The summed E-state index contributed by atoms with van der Waals surface area (Å²) in [4.78, 5) is 3.03. The van der Waals surface area contributed by atoms with Gasteiger partial charge in [-0.3, -0.25) is 4.98 Å². The molecule has 1 N–H and O–H groups in total. The van der Waals surface area contributed by atoms with Crippen LogP contribution in [0.3, 0.4) is 0 Å². The molecule has 0 spiro atoms. The summed E-state index contributed by atoms with van der Waals surface area (Å²) < 4.78 is 18.3. The van der Waals surface area contributed by atoms with Gasteiger partial charge in [0.05, 0.1) is 6.04 Å². The Morgan fingerprint density at radius 3 is 2.24 bits per heavy atom. The van der Waals surface area contributed by atoms with E-state index in [2.05, 4.69) is 16.5 Å². The van der Waals surface area contributed by atoms with E-state index in [1.807, 2.05) is 18.7 Å². The number of H-pyrrole nitrogens is 1. The molecule has 1 atom stereocenters. The summed E-state index contributed by atoms with van der Waals surface area (Å²) in [7, 11) is 2.52. The number of aromatic nitrogens is 2. The van der Waals surface area contributed by atoms with E-state index >= 15 is 0 Å². The molecule has 0 aliphatic carbocycles. The van der Waals surface area contributed by atoms with Crippen LogP contribution in [0, 0.1) is 0 Å². The summed E-state index contributed by atoms with van der Waals surface area (Å²) >= 11 is 0. The number of aromatic amines is 1. The summed E-state index contributed by atoms with van der Waals surface area (Å²) in [5, 5.41) is 0. The summed E-state index contributed by atoms with van der Waals surface area (Å²) in [6.45, 7) is 2.16. The van der Waals surface area contributed by atoms with Gasteiger partial charge in [-0.15, -0.1) is 0 Å². The molecule has 0 aromatic carbocycles. The van der Waals surface area contributed by atoms with Crippen molar-refractivity contribution >= 4 is 8.80 Å². The van der Waals surface area contributed by atoms with Crippen LogP contribution in [-0.2, 0) is 13.3 Å². The van der Waals surface area contributed by atoms with Crippen LogP contribution in [0.5, 0.6) is 0 Å². The topological polar surface area (TPSA) is 47.4 Å². The second-order valence-corrected chi connectivity index (χ2v) is 6.83. The summed E-state index contributed by atoms with van der Waals surface area (Å²) in [6, 6.07) is 1.22. The molecule has 1 unspecified atom stereocenters. The number of halogens is 1. The van der Waals surface area contributed by atoms with Gasteiger partial charge in [-0.05, 0) is 13.3 Å². The van der Waals surface area contributed by atoms with Crippen LogP contribution in [0.15, 0.2) is 18.7 Å². The van der Waals surface area contributed by atoms with Crippen LogP contribution in [0.4, 0.5) is 0 Å². The SMILES string of the molecule is CO[Si](CCC(C)[n+]1cc[nH]c1)(OC)OC.[Cl-]. The molecule has 5 nitrogen and oxygen atoms in total. The van der Waals surface area contributed by atoms with Crippen molar-refractivity contribution in [2.24, 2.45) is 0 Å². The lowest BCUT2D eigenvalue weighted by atomic mass is 10.2. The minimum atomic E-state index is -2.42. The number of imidazole rings is 1. The lowest BCUT2D eigenvalue weighted by Crippen LogP contribution is -3.00. The Hall–Kier alpha value is -0.403. The van der Waals surface area contributed by atoms with E-state index in [0.29, 0.717) is 6.04 Å². The third kappa shape index (κ3) is 4.40.